The number of benzene rings is 2. The average molecular weight is 441 g/mol. The molecule has 1 atom stereocenters. The van der Waals surface area contributed by atoms with Gasteiger partial charge in [-0.1, -0.05) is 28.9 Å². The first-order valence-corrected chi connectivity index (χ1v) is 10.1. The molecule has 2 aromatic carbocycles. The summed E-state index contributed by atoms with van der Waals surface area (Å²) in [5.41, 5.74) is 4.13. The Bertz CT molecular complexity index is 1150. The quantitative estimate of drug-likeness (QED) is 0.600. The molecule has 0 saturated carbocycles. The van der Waals surface area contributed by atoms with Crippen LogP contribution in [-0.4, -0.2) is 36.8 Å². The van der Waals surface area contributed by atoms with Crippen LogP contribution in [0.25, 0.3) is 11.1 Å². The Hall–Kier alpha value is -3.32. The summed E-state index contributed by atoms with van der Waals surface area (Å²) in [5.74, 6) is 0.451. The van der Waals surface area contributed by atoms with Crippen LogP contribution in [0, 0.1) is 13.8 Å². The van der Waals surface area contributed by atoms with Gasteiger partial charge in [-0.15, -0.1) is 0 Å². The molecule has 0 fully saturated rings. The number of ether oxygens (including phenoxy) is 2. The molecule has 1 N–H and O–H groups in total. The van der Waals surface area contributed by atoms with E-state index in [1.54, 1.807) is 32.0 Å². The maximum atomic E-state index is 12.5. The van der Waals surface area contributed by atoms with E-state index < -0.39 is 5.97 Å². The summed E-state index contributed by atoms with van der Waals surface area (Å²) in [6, 6.07) is 11.0. The highest BCUT2D eigenvalue weighted by atomic mass is 35.5. The van der Waals surface area contributed by atoms with E-state index >= 15 is 0 Å². The Labute approximate surface area is 184 Å². The van der Waals surface area contributed by atoms with Crippen molar-refractivity contribution in [1.82, 2.24) is 10.5 Å². The molecule has 1 unspecified atom stereocenters. The molecule has 1 aliphatic rings. The summed E-state index contributed by atoms with van der Waals surface area (Å²) in [4.78, 5) is 24.3. The Morgan fingerprint density at radius 3 is 2.74 bits per heavy atom. The Balaban J connectivity index is 1.49. The number of methoxy groups -OCH3 is 1. The number of hydrogen-bond acceptors (Lipinski definition) is 6. The lowest BCUT2D eigenvalue weighted by Crippen LogP contribution is -2.34. The van der Waals surface area contributed by atoms with Crippen LogP contribution in [0.3, 0.4) is 0 Å². The van der Waals surface area contributed by atoms with E-state index in [0.717, 1.165) is 16.7 Å². The van der Waals surface area contributed by atoms with E-state index in [1.807, 2.05) is 18.2 Å². The zero-order valence-corrected chi connectivity index (χ0v) is 18.1. The number of rotatable bonds is 5. The second-order valence-corrected chi connectivity index (χ2v) is 7.78. The van der Waals surface area contributed by atoms with E-state index in [-0.39, 0.29) is 12.0 Å². The number of aryl methyl sites for hydroxylation is 2. The Kier molecular flexibility index (Phi) is 5.69. The zero-order chi connectivity index (χ0) is 22.1. The highest BCUT2D eigenvalue weighted by molar-refractivity contribution is 6.32. The van der Waals surface area contributed by atoms with Gasteiger partial charge in [-0.25, -0.2) is 4.79 Å². The fourth-order valence-corrected chi connectivity index (χ4v) is 4.00. The maximum absolute atomic E-state index is 12.5. The summed E-state index contributed by atoms with van der Waals surface area (Å²) >= 11 is 6.48. The first-order valence-electron chi connectivity index (χ1n) is 9.76. The number of halogens is 1. The smallest absolute Gasteiger partial charge is 0.337 e. The third-order valence-corrected chi connectivity index (χ3v) is 5.50. The summed E-state index contributed by atoms with van der Waals surface area (Å²) in [6.45, 7) is 3.75. The molecule has 7 nitrogen and oxygen atoms in total. The fraction of sp³-hybridized carbons (Fsp3) is 0.261. The SMILES string of the molecule is COC(=O)c1cccc(-c2cc(Cl)c3c(c2)CC(CNC(=O)c2c(C)noc2C)O3)c1. The van der Waals surface area contributed by atoms with E-state index in [9.17, 15) is 9.59 Å². The minimum absolute atomic E-state index is 0.242. The molecule has 0 radical (unpaired) electrons. The fourth-order valence-electron chi connectivity index (χ4n) is 3.71. The number of hydrogen-bond donors (Lipinski definition) is 1. The topological polar surface area (TPSA) is 90.7 Å². The molecule has 8 heteroatoms. The summed E-state index contributed by atoms with van der Waals surface area (Å²) in [6.07, 6.45) is 0.357. The molecule has 1 amide bonds. The van der Waals surface area contributed by atoms with Gasteiger partial charge < -0.3 is 19.3 Å². The van der Waals surface area contributed by atoms with Gasteiger partial charge in [-0.2, -0.15) is 0 Å². The van der Waals surface area contributed by atoms with Crippen molar-refractivity contribution in [3.63, 3.8) is 0 Å². The Morgan fingerprint density at radius 1 is 1.23 bits per heavy atom. The largest absolute Gasteiger partial charge is 0.486 e. The number of aromatic nitrogens is 1. The molecule has 160 valence electrons. The van der Waals surface area contributed by atoms with Crippen molar-refractivity contribution < 1.29 is 23.6 Å². The third-order valence-electron chi connectivity index (χ3n) is 5.22. The molecule has 31 heavy (non-hydrogen) atoms. The van der Waals surface area contributed by atoms with Gasteiger partial charge in [0.15, 0.2) is 0 Å². The van der Waals surface area contributed by atoms with E-state index in [2.05, 4.69) is 10.5 Å². The zero-order valence-electron chi connectivity index (χ0n) is 17.3. The van der Waals surface area contributed by atoms with Crippen LogP contribution < -0.4 is 10.1 Å². The van der Waals surface area contributed by atoms with Gasteiger partial charge in [0, 0.05) is 12.0 Å². The maximum Gasteiger partial charge on any atom is 0.337 e. The van der Waals surface area contributed by atoms with Gasteiger partial charge in [-0.05, 0) is 49.2 Å². The van der Waals surface area contributed by atoms with Crippen molar-refractivity contribution in [1.29, 1.82) is 0 Å². The second-order valence-electron chi connectivity index (χ2n) is 7.37. The monoisotopic (exact) mass is 440 g/mol. The standard InChI is InChI=1S/C23H21ClN2O5/c1-12-20(13(2)31-26-12)22(27)25-11-18-9-17-8-16(10-19(24)21(17)30-18)14-5-4-6-15(7-14)23(28)29-3/h4-8,10,18H,9,11H2,1-3H3,(H,25,27). The lowest BCUT2D eigenvalue weighted by molar-refractivity contribution is 0.0600. The summed E-state index contributed by atoms with van der Waals surface area (Å²) < 4.78 is 15.8. The first kappa shape index (κ1) is 20.9. The van der Waals surface area contributed by atoms with Crippen LogP contribution in [0.4, 0.5) is 0 Å². The number of carbonyl (C=O) groups excluding carboxylic acids is 2. The van der Waals surface area contributed by atoms with Gasteiger partial charge in [-0.3, -0.25) is 4.79 Å². The molecule has 0 saturated heterocycles. The molecule has 3 aromatic rings. The Morgan fingerprint density at radius 2 is 2.03 bits per heavy atom. The second kappa shape index (κ2) is 8.43. The van der Waals surface area contributed by atoms with Crippen LogP contribution in [0.15, 0.2) is 40.9 Å². The van der Waals surface area contributed by atoms with Crippen LogP contribution >= 0.6 is 11.6 Å². The number of esters is 1. The number of amides is 1. The van der Waals surface area contributed by atoms with Crippen LogP contribution in [0.1, 0.15) is 37.7 Å². The number of nitrogens with one attached hydrogen (secondary N) is 1. The van der Waals surface area contributed by atoms with Gasteiger partial charge >= 0.3 is 5.97 Å². The van der Waals surface area contributed by atoms with Crippen molar-refractivity contribution in [3.8, 4) is 16.9 Å². The normalized spacial score (nSPS) is 14.6. The van der Waals surface area contributed by atoms with E-state index in [4.69, 9.17) is 25.6 Å². The van der Waals surface area contributed by atoms with Crippen molar-refractivity contribution in [2.75, 3.05) is 13.7 Å². The molecular formula is C23H21ClN2O5. The van der Waals surface area contributed by atoms with E-state index in [1.165, 1.54) is 7.11 Å². The molecule has 1 aliphatic heterocycles. The predicted molar refractivity (Wildman–Crippen MR) is 115 cm³/mol. The predicted octanol–water partition coefficient (Wildman–Crippen LogP) is 4.13. The molecule has 2 heterocycles. The summed E-state index contributed by atoms with van der Waals surface area (Å²) in [5, 5.41) is 7.17. The first-order chi connectivity index (χ1) is 14.9. The minimum Gasteiger partial charge on any atom is -0.486 e. The minimum atomic E-state index is -0.397. The third kappa shape index (κ3) is 4.14. The number of nitrogens with zero attached hydrogens (tertiary/aromatic N) is 1. The highest BCUT2D eigenvalue weighted by Gasteiger charge is 2.27. The molecule has 0 aliphatic carbocycles. The molecule has 1 aromatic heterocycles. The van der Waals surface area contributed by atoms with Crippen LogP contribution in [-0.2, 0) is 11.2 Å². The van der Waals surface area contributed by atoms with Crippen molar-refractivity contribution in [2.45, 2.75) is 26.4 Å². The molecule has 4 rings (SSSR count). The average Bonchev–Trinajstić information content (AvgIpc) is 3.34. The van der Waals surface area contributed by atoms with Gasteiger partial charge in [0.05, 0.1) is 29.9 Å². The van der Waals surface area contributed by atoms with Gasteiger partial charge in [0.2, 0.25) is 0 Å². The summed E-state index contributed by atoms with van der Waals surface area (Å²) in [7, 11) is 1.35. The lowest BCUT2D eigenvalue weighted by atomic mass is 9.99. The van der Waals surface area contributed by atoms with E-state index in [0.29, 0.717) is 46.3 Å². The molecular weight excluding hydrogens is 420 g/mol. The lowest BCUT2D eigenvalue weighted by Gasteiger charge is -2.12. The number of carbonyl (C=O) groups is 2. The molecule has 0 spiro atoms. The van der Waals surface area contributed by atoms with Crippen molar-refractivity contribution in [3.05, 3.63) is 69.6 Å². The van der Waals surface area contributed by atoms with Crippen molar-refractivity contribution >= 4 is 23.5 Å². The van der Waals surface area contributed by atoms with Crippen molar-refractivity contribution in [2.24, 2.45) is 0 Å². The number of fused-ring (bicyclic) bond motifs is 1. The van der Waals surface area contributed by atoms with Gasteiger partial charge in [0.25, 0.3) is 5.91 Å². The van der Waals surface area contributed by atoms with Gasteiger partial charge in [0.1, 0.15) is 23.2 Å². The van der Waals surface area contributed by atoms with Crippen LogP contribution in [0.2, 0.25) is 5.02 Å². The molecule has 0 bridgehead atoms. The highest BCUT2D eigenvalue weighted by Crippen LogP contribution is 2.39. The van der Waals surface area contributed by atoms with Crippen LogP contribution in [0.5, 0.6) is 5.75 Å².